The SMILES string of the molecule is CC1=CCC[C@](C)(O)C=C[C@@H](C(C)C)CCC(C)=CCC1. The van der Waals surface area contributed by atoms with Gasteiger partial charge in [-0.1, -0.05) is 49.3 Å². The van der Waals surface area contributed by atoms with Gasteiger partial charge < -0.3 is 5.11 Å². The summed E-state index contributed by atoms with van der Waals surface area (Å²) in [6.07, 6.45) is 15.4. The molecule has 1 rings (SSSR count). The van der Waals surface area contributed by atoms with Crippen LogP contribution in [-0.2, 0) is 0 Å². The fraction of sp³-hybridized carbons (Fsp3) is 0.700. The maximum atomic E-state index is 10.5. The summed E-state index contributed by atoms with van der Waals surface area (Å²) in [6.45, 7) is 10.9. The second kappa shape index (κ2) is 8.58. The van der Waals surface area contributed by atoms with Crippen LogP contribution in [0.1, 0.15) is 73.1 Å². The molecule has 0 aliphatic heterocycles. The van der Waals surface area contributed by atoms with Gasteiger partial charge in [0.2, 0.25) is 0 Å². The standard InChI is InChI=1S/C20H34O/c1-16(2)19-12-11-18(4)9-6-8-17(3)10-7-14-20(5,21)15-13-19/h9-10,13,15-16,19,21H,6-8,11-12,14H2,1-5H3/t19-,20-/m0/s1. The van der Waals surface area contributed by atoms with Crippen LogP contribution in [-0.4, -0.2) is 10.7 Å². The van der Waals surface area contributed by atoms with E-state index >= 15 is 0 Å². The lowest BCUT2D eigenvalue weighted by Gasteiger charge is -2.22. The van der Waals surface area contributed by atoms with Gasteiger partial charge in [-0.15, -0.1) is 0 Å². The Morgan fingerprint density at radius 2 is 1.71 bits per heavy atom. The van der Waals surface area contributed by atoms with Crippen molar-refractivity contribution in [3.8, 4) is 0 Å². The first-order chi connectivity index (χ1) is 9.80. The Kier molecular flexibility index (Phi) is 7.45. The Morgan fingerprint density at radius 3 is 2.38 bits per heavy atom. The molecule has 0 heterocycles. The van der Waals surface area contributed by atoms with Crippen molar-refractivity contribution in [2.75, 3.05) is 0 Å². The molecular formula is C20H34O. The van der Waals surface area contributed by atoms with Crippen LogP contribution >= 0.6 is 0 Å². The molecule has 21 heavy (non-hydrogen) atoms. The van der Waals surface area contributed by atoms with E-state index in [1.54, 1.807) is 0 Å². The van der Waals surface area contributed by atoms with Crippen LogP contribution in [0.5, 0.6) is 0 Å². The van der Waals surface area contributed by atoms with E-state index in [1.165, 1.54) is 17.6 Å². The molecule has 1 heteroatoms. The third-order valence-electron chi connectivity index (χ3n) is 4.61. The zero-order chi connectivity index (χ0) is 15.9. The Balaban J connectivity index is 2.87. The predicted octanol–water partition coefficient (Wildman–Crippen LogP) is 5.81. The minimum absolute atomic E-state index is 0.556. The van der Waals surface area contributed by atoms with Crippen LogP contribution in [0.3, 0.4) is 0 Å². The summed E-state index contributed by atoms with van der Waals surface area (Å²) < 4.78 is 0. The van der Waals surface area contributed by atoms with Gasteiger partial charge in [0.05, 0.1) is 5.60 Å². The molecule has 0 saturated carbocycles. The molecule has 0 amide bonds. The van der Waals surface area contributed by atoms with E-state index in [0.29, 0.717) is 11.8 Å². The molecule has 2 atom stereocenters. The largest absolute Gasteiger partial charge is 0.386 e. The summed E-state index contributed by atoms with van der Waals surface area (Å²) in [4.78, 5) is 0. The quantitative estimate of drug-likeness (QED) is 0.604. The Labute approximate surface area is 131 Å². The molecule has 0 aromatic carbocycles. The van der Waals surface area contributed by atoms with E-state index in [0.717, 1.165) is 32.1 Å². The highest BCUT2D eigenvalue weighted by molar-refractivity contribution is 5.08. The van der Waals surface area contributed by atoms with Crippen molar-refractivity contribution in [3.63, 3.8) is 0 Å². The van der Waals surface area contributed by atoms with E-state index in [1.807, 2.05) is 13.0 Å². The molecular weight excluding hydrogens is 256 g/mol. The lowest BCUT2D eigenvalue weighted by molar-refractivity contribution is 0.102. The first-order valence-electron chi connectivity index (χ1n) is 8.53. The van der Waals surface area contributed by atoms with Crippen LogP contribution < -0.4 is 0 Å². The monoisotopic (exact) mass is 290 g/mol. The fourth-order valence-corrected chi connectivity index (χ4v) is 2.82. The Bertz CT molecular complexity index is 396. The summed E-state index contributed by atoms with van der Waals surface area (Å²) in [6, 6.07) is 0. The minimum Gasteiger partial charge on any atom is -0.386 e. The minimum atomic E-state index is -0.682. The topological polar surface area (TPSA) is 20.2 Å². The smallest absolute Gasteiger partial charge is 0.0802 e. The van der Waals surface area contributed by atoms with Crippen LogP contribution in [0, 0.1) is 11.8 Å². The van der Waals surface area contributed by atoms with Crippen molar-refractivity contribution < 1.29 is 5.11 Å². The van der Waals surface area contributed by atoms with Crippen LogP contribution in [0.4, 0.5) is 0 Å². The lowest BCUT2D eigenvalue weighted by atomic mass is 9.87. The summed E-state index contributed by atoms with van der Waals surface area (Å²) in [5.41, 5.74) is 2.26. The number of allylic oxidation sites excluding steroid dienone is 5. The molecule has 0 unspecified atom stereocenters. The molecule has 1 aliphatic rings. The molecule has 0 aromatic heterocycles. The van der Waals surface area contributed by atoms with Crippen molar-refractivity contribution in [3.05, 3.63) is 35.5 Å². The van der Waals surface area contributed by atoms with Gasteiger partial charge in [0.1, 0.15) is 0 Å². The molecule has 0 bridgehead atoms. The van der Waals surface area contributed by atoms with Gasteiger partial charge >= 0.3 is 0 Å². The van der Waals surface area contributed by atoms with Gasteiger partial charge in [0.15, 0.2) is 0 Å². The molecule has 1 N–H and O–H groups in total. The van der Waals surface area contributed by atoms with Crippen LogP contribution in [0.2, 0.25) is 0 Å². The lowest BCUT2D eigenvalue weighted by Crippen LogP contribution is -2.21. The van der Waals surface area contributed by atoms with E-state index in [4.69, 9.17) is 0 Å². The van der Waals surface area contributed by atoms with Gasteiger partial charge in [-0.25, -0.2) is 0 Å². The third kappa shape index (κ3) is 7.66. The van der Waals surface area contributed by atoms with Crippen molar-refractivity contribution in [1.82, 2.24) is 0 Å². The summed E-state index contributed by atoms with van der Waals surface area (Å²) in [5, 5.41) is 10.5. The summed E-state index contributed by atoms with van der Waals surface area (Å²) >= 11 is 0. The second-order valence-electron chi connectivity index (χ2n) is 7.34. The maximum absolute atomic E-state index is 10.5. The normalized spacial score (nSPS) is 29.8. The fourth-order valence-electron chi connectivity index (χ4n) is 2.82. The molecule has 0 aromatic rings. The second-order valence-corrected chi connectivity index (χ2v) is 7.34. The number of aliphatic hydroxyl groups is 1. The molecule has 0 fully saturated rings. The van der Waals surface area contributed by atoms with Gasteiger partial charge in [0.25, 0.3) is 0 Å². The molecule has 0 radical (unpaired) electrons. The summed E-state index contributed by atoms with van der Waals surface area (Å²) in [5.74, 6) is 1.18. The highest BCUT2D eigenvalue weighted by Crippen LogP contribution is 2.25. The van der Waals surface area contributed by atoms with Crippen LogP contribution in [0.15, 0.2) is 35.5 Å². The number of hydrogen-bond donors (Lipinski definition) is 1. The first-order valence-corrected chi connectivity index (χ1v) is 8.53. The van der Waals surface area contributed by atoms with Crippen molar-refractivity contribution >= 4 is 0 Å². The van der Waals surface area contributed by atoms with E-state index in [2.05, 4.69) is 45.9 Å². The Morgan fingerprint density at radius 1 is 1.10 bits per heavy atom. The highest BCUT2D eigenvalue weighted by Gasteiger charge is 2.17. The zero-order valence-corrected chi connectivity index (χ0v) is 14.7. The first kappa shape index (κ1) is 18.2. The molecule has 1 nitrogen and oxygen atoms in total. The van der Waals surface area contributed by atoms with Gasteiger partial charge in [-0.2, -0.15) is 0 Å². The molecule has 1 aliphatic carbocycles. The summed E-state index contributed by atoms with van der Waals surface area (Å²) in [7, 11) is 0. The number of rotatable bonds is 1. The van der Waals surface area contributed by atoms with Crippen molar-refractivity contribution in [1.29, 1.82) is 0 Å². The molecule has 0 saturated heterocycles. The molecule has 0 spiro atoms. The van der Waals surface area contributed by atoms with Gasteiger partial charge in [-0.3, -0.25) is 0 Å². The average molecular weight is 290 g/mol. The number of hydrogen-bond acceptors (Lipinski definition) is 1. The van der Waals surface area contributed by atoms with Crippen LogP contribution in [0.25, 0.3) is 0 Å². The van der Waals surface area contributed by atoms with Crippen molar-refractivity contribution in [2.24, 2.45) is 11.8 Å². The predicted molar refractivity (Wildman–Crippen MR) is 93.3 cm³/mol. The highest BCUT2D eigenvalue weighted by atomic mass is 16.3. The van der Waals surface area contributed by atoms with Gasteiger partial charge in [-0.05, 0) is 71.1 Å². The zero-order valence-electron chi connectivity index (χ0n) is 14.7. The third-order valence-corrected chi connectivity index (χ3v) is 4.61. The molecule has 120 valence electrons. The van der Waals surface area contributed by atoms with E-state index < -0.39 is 5.60 Å². The van der Waals surface area contributed by atoms with Gasteiger partial charge in [0, 0.05) is 0 Å². The van der Waals surface area contributed by atoms with E-state index in [9.17, 15) is 5.11 Å². The van der Waals surface area contributed by atoms with E-state index in [-0.39, 0.29) is 0 Å². The maximum Gasteiger partial charge on any atom is 0.0802 e. The van der Waals surface area contributed by atoms with Crippen molar-refractivity contribution in [2.45, 2.75) is 78.7 Å². The Hall–Kier alpha value is -0.820. The average Bonchev–Trinajstić information content (AvgIpc) is 2.37.